The van der Waals surface area contributed by atoms with Crippen molar-refractivity contribution in [2.45, 2.75) is 6.92 Å². The lowest BCUT2D eigenvalue weighted by Crippen LogP contribution is -2.49. The van der Waals surface area contributed by atoms with E-state index < -0.39 is 0 Å². The van der Waals surface area contributed by atoms with E-state index in [0.717, 1.165) is 0 Å². The molecule has 152 valence electrons. The summed E-state index contributed by atoms with van der Waals surface area (Å²) in [4.78, 5) is 36.4. The standard InChI is InChI=1S/C19H21N5O5/c1-2-27-19(26)24-7-5-23(6-8-24)17-10-14(20-11-21-17)18(25)22-13-3-4-15-16(9-13)29-12-28-15/h3-4,9-11H,2,5-8,12H2,1H3,(H,22,25). The van der Waals surface area contributed by atoms with Crippen LogP contribution in [0.4, 0.5) is 16.3 Å². The maximum Gasteiger partial charge on any atom is 0.409 e. The third-order valence-corrected chi connectivity index (χ3v) is 4.65. The number of aromatic nitrogens is 2. The molecule has 0 unspecified atom stereocenters. The fraction of sp³-hybridized carbons (Fsp3) is 0.368. The summed E-state index contributed by atoms with van der Waals surface area (Å²) >= 11 is 0. The van der Waals surface area contributed by atoms with Crippen molar-refractivity contribution in [1.29, 1.82) is 0 Å². The molecule has 2 aromatic rings. The predicted molar refractivity (Wildman–Crippen MR) is 103 cm³/mol. The van der Waals surface area contributed by atoms with Crippen LogP contribution in [0.2, 0.25) is 0 Å². The van der Waals surface area contributed by atoms with E-state index in [4.69, 9.17) is 14.2 Å². The van der Waals surface area contributed by atoms with Gasteiger partial charge in [-0.1, -0.05) is 0 Å². The summed E-state index contributed by atoms with van der Waals surface area (Å²) in [5, 5.41) is 2.80. The molecule has 3 heterocycles. The number of benzene rings is 1. The maximum atomic E-state index is 12.6. The zero-order valence-corrected chi connectivity index (χ0v) is 16.0. The average Bonchev–Trinajstić information content (AvgIpc) is 3.22. The Kier molecular flexibility index (Phi) is 5.32. The van der Waals surface area contributed by atoms with Gasteiger partial charge in [-0.2, -0.15) is 0 Å². The highest BCUT2D eigenvalue weighted by Crippen LogP contribution is 2.34. The van der Waals surface area contributed by atoms with Gasteiger partial charge < -0.3 is 29.3 Å². The highest BCUT2D eigenvalue weighted by atomic mass is 16.7. The van der Waals surface area contributed by atoms with Crippen LogP contribution >= 0.6 is 0 Å². The second-order valence-corrected chi connectivity index (χ2v) is 6.46. The van der Waals surface area contributed by atoms with E-state index in [1.54, 1.807) is 36.1 Å². The van der Waals surface area contributed by atoms with Crippen LogP contribution in [0.1, 0.15) is 17.4 Å². The first-order chi connectivity index (χ1) is 14.1. The van der Waals surface area contributed by atoms with Crippen molar-refractivity contribution >= 4 is 23.5 Å². The summed E-state index contributed by atoms with van der Waals surface area (Å²) in [6.07, 6.45) is 1.06. The van der Waals surface area contributed by atoms with E-state index in [1.165, 1.54) is 6.33 Å². The number of piperazine rings is 1. The second-order valence-electron chi connectivity index (χ2n) is 6.46. The molecule has 1 aromatic heterocycles. The Labute approximate surface area is 167 Å². The van der Waals surface area contributed by atoms with Gasteiger partial charge in [-0.3, -0.25) is 4.79 Å². The lowest BCUT2D eigenvalue weighted by atomic mass is 10.2. The van der Waals surface area contributed by atoms with Crippen LogP contribution in [0.25, 0.3) is 0 Å². The van der Waals surface area contributed by atoms with Gasteiger partial charge in [0.2, 0.25) is 6.79 Å². The molecule has 2 amide bonds. The molecular weight excluding hydrogens is 378 g/mol. The molecule has 29 heavy (non-hydrogen) atoms. The van der Waals surface area contributed by atoms with Crippen molar-refractivity contribution < 1.29 is 23.8 Å². The Bertz CT molecular complexity index is 914. The fourth-order valence-electron chi connectivity index (χ4n) is 3.15. The molecule has 0 bridgehead atoms. The van der Waals surface area contributed by atoms with Crippen molar-refractivity contribution in [3.05, 3.63) is 36.3 Å². The summed E-state index contributed by atoms with van der Waals surface area (Å²) in [5.74, 6) is 1.52. The minimum absolute atomic E-state index is 0.172. The third-order valence-electron chi connectivity index (χ3n) is 4.65. The molecule has 1 N–H and O–H groups in total. The molecule has 10 heteroatoms. The van der Waals surface area contributed by atoms with Crippen molar-refractivity contribution in [2.24, 2.45) is 0 Å². The number of hydrogen-bond donors (Lipinski definition) is 1. The third kappa shape index (κ3) is 4.15. The highest BCUT2D eigenvalue weighted by Gasteiger charge is 2.23. The van der Waals surface area contributed by atoms with E-state index in [1.807, 2.05) is 4.90 Å². The van der Waals surface area contributed by atoms with Gasteiger partial charge in [0.1, 0.15) is 17.8 Å². The van der Waals surface area contributed by atoms with Crippen LogP contribution in [0, 0.1) is 0 Å². The topological polar surface area (TPSA) is 106 Å². The van der Waals surface area contributed by atoms with Crippen LogP contribution in [0.3, 0.4) is 0 Å². The van der Waals surface area contributed by atoms with Gasteiger partial charge in [0, 0.05) is 44.0 Å². The lowest BCUT2D eigenvalue weighted by molar-refractivity contribution is 0.102. The molecule has 1 saturated heterocycles. The van der Waals surface area contributed by atoms with Crippen LogP contribution in [-0.4, -0.2) is 66.4 Å². The van der Waals surface area contributed by atoms with Crippen LogP contribution < -0.4 is 19.7 Å². The molecule has 0 saturated carbocycles. The number of ether oxygens (including phenoxy) is 3. The minimum Gasteiger partial charge on any atom is -0.454 e. The lowest BCUT2D eigenvalue weighted by Gasteiger charge is -2.34. The largest absolute Gasteiger partial charge is 0.454 e. The van der Waals surface area contributed by atoms with Gasteiger partial charge in [0.25, 0.3) is 5.91 Å². The SMILES string of the molecule is CCOC(=O)N1CCN(c2cc(C(=O)Nc3ccc4c(c3)OCO4)ncn2)CC1. The van der Waals surface area contributed by atoms with Gasteiger partial charge in [0.05, 0.1) is 6.61 Å². The summed E-state index contributed by atoms with van der Waals surface area (Å²) in [5.41, 5.74) is 0.836. The minimum atomic E-state index is -0.349. The van der Waals surface area contributed by atoms with E-state index in [-0.39, 0.29) is 24.5 Å². The highest BCUT2D eigenvalue weighted by molar-refractivity contribution is 6.03. The molecule has 0 radical (unpaired) electrons. The average molecular weight is 399 g/mol. The first-order valence-corrected chi connectivity index (χ1v) is 9.33. The fourth-order valence-corrected chi connectivity index (χ4v) is 3.15. The van der Waals surface area contributed by atoms with Gasteiger partial charge >= 0.3 is 6.09 Å². The molecule has 0 aliphatic carbocycles. The Morgan fingerprint density at radius 1 is 1.10 bits per heavy atom. The number of rotatable bonds is 4. The molecular formula is C19H21N5O5. The normalized spacial score (nSPS) is 15.2. The second kappa shape index (κ2) is 8.21. The molecule has 10 nitrogen and oxygen atoms in total. The van der Waals surface area contributed by atoms with E-state index in [2.05, 4.69) is 15.3 Å². The van der Waals surface area contributed by atoms with Crippen LogP contribution in [0.5, 0.6) is 11.5 Å². The van der Waals surface area contributed by atoms with Crippen LogP contribution in [0.15, 0.2) is 30.6 Å². The Balaban J connectivity index is 1.40. The molecule has 2 aliphatic rings. The zero-order valence-electron chi connectivity index (χ0n) is 16.0. The van der Waals surface area contributed by atoms with Gasteiger partial charge in [-0.25, -0.2) is 14.8 Å². The predicted octanol–water partition coefficient (Wildman–Crippen LogP) is 1.74. The Hall–Kier alpha value is -3.56. The van der Waals surface area contributed by atoms with Crippen molar-refractivity contribution in [2.75, 3.05) is 49.8 Å². The maximum absolute atomic E-state index is 12.6. The van der Waals surface area contributed by atoms with E-state index >= 15 is 0 Å². The number of anilines is 2. The molecule has 1 fully saturated rings. The van der Waals surface area contributed by atoms with Crippen molar-refractivity contribution in [1.82, 2.24) is 14.9 Å². The number of fused-ring (bicyclic) bond motifs is 1. The smallest absolute Gasteiger partial charge is 0.409 e. The monoisotopic (exact) mass is 399 g/mol. The van der Waals surface area contributed by atoms with E-state index in [0.29, 0.717) is 55.8 Å². The number of hydrogen-bond acceptors (Lipinski definition) is 8. The first kappa shape index (κ1) is 18.8. The first-order valence-electron chi connectivity index (χ1n) is 9.33. The number of nitrogens with one attached hydrogen (secondary N) is 1. The number of amides is 2. The quantitative estimate of drug-likeness (QED) is 0.829. The number of carbonyl (C=O) groups is 2. The summed E-state index contributed by atoms with van der Waals surface area (Å²) < 4.78 is 15.6. The summed E-state index contributed by atoms with van der Waals surface area (Å²) in [7, 11) is 0. The summed E-state index contributed by atoms with van der Waals surface area (Å²) in [6, 6.07) is 6.83. The van der Waals surface area contributed by atoms with E-state index in [9.17, 15) is 9.59 Å². The Morgan fingerprint density at radius 3 is 2.69 bits per heavy atom. The van der Waals surface area contributed by atoms with Crippen molar-refractivity contribution in [3.8, 4) is 11.5 Å². The van der Waals surface area contributed by atoms with Gasteiger partial charge in [-0.05, 0) is 19.1 Å². The van der Waals surface area contributed by atoms with Crippen molar-refractivity contribution in [3.63, 3.8) is 0 Å². The summed E-state index contributed by atoms with van der Waals surface area (Å²) in [6.45, 7) is 4.56. The molecule has 1 aromatic carbocycles. The number of nitrogens with zero attached hydrogens (tertiary/aromatic N) is 4. The molecule has 0 atom stereocenters. The molecule has 4 rings (SSSR count). The molecule has 2 aliphatic heterocycles. The van der Waals surface area contributed by atoms with Gasteiger partial charge in [0.15, 0.2) is 11.5 Å². The Morgan fingerprint density at radius 2 is 1.90 bits per heavy atom. The number of carbonyl (C=O) groups excluding carboxylic acids is 2. The molecule has 0 spiro atoms. The van der Waals surface area contributed by atoms with Crippen LogP contribution in [-0.2, 0) is 4.74 Å². The van der Waals surface area contributed by atoms with Gasteiger partial charge in [-0.15, -0.1) is 0 Å². The zero-order chi connectivity index (χ0) is 20.2.